The van der Waals surface area contributed by atoms with Gasteiger partial charge < -0.3 is 4.57 Å². The Morgan fingerprint density at radius 2 is 1.90 bits per heavy atom. The fourth-order valence-electron chi connectivity index (χ4n) is 2.60. The number of aryl methyl sites for hydroxylation is 2. The van der Waals surface area contributed by atoms with E-state index in [0.29, 0.717) is 11.9 Å². The van der Waals surface area contributed by atoms with Crippen LogP contribution in [0.3, 0.4) is 0 Å². The summed E-state index contributed by atoms with van der Waals surface area (Å²) < 4.78 is 2.05. The summed E-state index contributed by atoms with van der Waals surface area (Å²) in [5.41, 5.74) is 4.78. The van der Waals surface area contributed by atoms with Gasteiger partial charge in [-0.2, -0.15) is 0 Å². The van der Waals surface area contributed by atoms with Crippen molar-refractivity contribution in [3.05, 3.63) is 75.5 Å². The Kier molecular flexibility index (Phi) is 3.22. The highest BCUT2D eigenvalue weighted by Crippen LogP contribution is 2.26. The molecule has 0 aliphatic rings. The number of hydrogen-bond acceptors (Lipinski definition) is 2. The summed E-state index contributed by atoms with van der Waals surface area (Å²) in [4.78, 5) is 10.7. The van der Waals surface area contributed by atoms with Gasteiger partial charge in [-0.05, 0) is 42.7 Å². The van der Waals surface area contributed by atoms with Crippen LogP contribution in [0.5, 0.6) is 0 Å². The summed E-state index contributed by atoms with van der Waals surface area (Å²) in [6.45, 7) is 4.90. The van der Waals surface area contributed by atoms with Crippen molar-refractivity contribution in [3.8, 4) is 0 Å². The second kappa shape index (κ2) is 5.05. The Balaban J connectivity index is 2.03. The predicted octanol–water partition coefficient (Wildman–Crippen LogP) is 4.21. The molecule has 4 nitrogen and oxygen atoms in total. The zero-order valence-electron chi connectivity index (χ0n) is 12.0. The van der Waals surface area contributed by atoms with E-state index in [4.69, 9.17) is 0 Å². The summed E-state index contributed by atoms with van der Waals surface area (Å²) in [5.74, 6) is 0. The van der Waals surface area contributed by atoms with E-state index in [0.717, 1.165) is 5.52 Å². The average molecular weight is 280 g/mol. The third kappa shape index (κ3) is 2.40. The first-order valence-electron chi connectivity index (χ1n) is 6.84. The largest absolute Gasteiger partial charge is 0.343 e. The van der Waals surface area contributed by atoms with Crippen LogP contribution < -0.4 is 0 Å². The van der Waals surface area contributed by atoms with Crippen LogP contribution in [0.4, 0.5) is 5.69 Å². The predicted molar refractivity (Wildman–Crippen MR) is 83.6 cm³/mol. The Hall–Kier alpha value is -2.62. The number of hydrogen-bond donors (Lipinski definition) is 0. The quantitative estimate of drug-likeness (QED) is 0.533. The zero-order chi connectivity index (χ0) is 15.0. The van der Waals surface area contributed by atoms with Gasteiger partial charge in [-0.25, -0.2) is 0 Å². The third-order valence-electron chi connectivity index (χ3n) is 3.91. The Morgan fingerprint density at radius 3 is 2.62 bits per heavy atom. The number of nitrogens with zero attached hydrogens (tertiary/aromatic N) is 2. The van der Waals surface area contributed by atoms with Gasteiger partial charge in [-0.15, -0.1) is 0 Å². The van der Waals surface area contributed by atoms with Gasteiger partial charge in [-0.3, -0.25) is 10.1 Å². The second-order valence-corrected chi connectivity index (χ2v) is 5.33. The molecule has 0 unspecified atom stereocenters. The third-order valence-corrected chi connectivity index (χ3v) is 3.91. The topological polar surface area (TPSA) is 48.1 Å². The first-order chi connectivity index (χ1) is 10.1. The van der Waals surface area contributed by atoms with E-state index >= 15 is 0 Å². The van der Waals surface area contributed by atoms with Crippen LogP contribution in [0.15, 0.2) is 48.7 Å². The van der Waals surface area contributed by atoms with Gasteiger partial charge in [0.2, 0.25) is 0 Å². The lowest BCUT2D eigenvalue weighted by atomic mass is 10.1. The van der Waals surface area contributed by atoms with Gasteiger partial charge in [0.05, 0.1) is 15.8 Å². The highest BCUT2D eigenvalue weighted by atomic mass is 16.6. The minimum Gasteiger partial charge on any atom is -0.343 e. The van der Waals surface area contributed by atoms with Crippen molar-refractivity contribution in [2.45, 2.75) is 20.4 Å². The molecule has 3 rings (SSSR count). The Bertz CT molecular complexity index is 834. The lowest BCUT2D eigenvalue weighted by molar-refractivity contribution is -0.383. The molecular formula is C17H16N2O2. The molecule has 2 aromatic carbocycles. The van der Waals surface area contributed by atoms with Crippen LogP contribution in [-0.2, 0) is 6.54 Å². The molecule has 0 fully saturated rings. The first kappa shape index (κ1) is 13.4. The van der Waals surface area contributed by atoms with Crippen LogP contribution in [0.25, 0.3) is 10.9 Å². The van der Waals surface area contributed by atoms with Crippen LogP contribution in [-0.4, -0.2) is 9.49 Å². The van der Waals surface area contributed by atoms with Crippen molar-refractivity contribution in [1.82, 2.24) is 4.57 Å². The number of aromatic nitrogens is 1. The van der Waals surface area contributed by atoms with Crippen molar-refractivity contribution in [2.75, 3.05) is 0 Å². The van der Waals surface area contributed by atoms with E-state index in [1.807, 2.05) is 22.9 Å². The molecule has 0 saturated carbocycles. The van der Waals surface area contributed by atoms with Crippen LogP contribution >= 0.6 is 0 Å². The molecule has 0 amide bonds. The SMILES string of the molecule is Cc1ccc(Cn2ccc3c([N+](=O)[O-])cccc32)cc1C. The molecule has 0 spiro atoms. The van der Waals surface area contributed by atoms with Crippen LogP contribution in [0.2, 0.25) is 0 Å². The summed E-state index contributed by atoms with van der Waals surface area (Å²) in [6.07, 6.45) is 1.91. The van der Waals surface area contributed by atoms with E-state index in [-0.39, 0.29) is 10.6 Å². The van der Waals surface area contributed by atoms with Gasteiger partial charge in [-0.1, -0.05) is 24.3 Å². The van der Waals surface area contributed by atoms with E-state index < -0.39 is 0 Å². The first-order valence-corrected chi connectivity index (χ1v) is 6.84. The monoisotopic (exact) mass is 280 g/mol. The smallest absolute Gasteiger partial charge is 0.278 e. The summed E-state index contributed by atoms with van der Waals surface area (Å²) in [5, 5.41) is 11.7. The molecule has 3 aromatic rings. The molecule has 0 N–H and O–H groups in total. The van der Waals surface area contributed by atoms with Crippen LogP contribution in [0, 0.1) is 24.0 Å². The molecule has 1 heterocycles. The summed E-state index contributed by atoms with van der Waals surface area (Å²) in [7, 11) is 0. The number of nitro groups is 1. The maximum atomic E-state index is 11.1. The average Bonchev–Trinajstić information content (AvgIpc) is 2.86. The molecular weight excluding hydrogens is 264 g/mol. The van der Waals surface area contributed by atoms with E-state index in [1.54, 1.807) is 12.1 Å². The maximum absolute atomic E-state index is 11.1. The Labute approximate surface area is 122 Å². The molecule has 0 bridgehead atoms. The van der Waals surface area contributed by atoms with E-state index in [1.165, 1.54) is 16.7 Å². The van der Waals surface area contributed by atoms with Crippen LogP contribution in [0.1, 0.15) is 16.7 Å². The molecule has 0 atom stereocenters. The molecule has 106 valence electrons. The van der Waals surface area contributed by atoms with Crippen molar-refractivity contribution in [2.24, 2.45) is 0 Å². The van der Waals surface area contributed by atoms with Gasteiger partial charge >= 0.3 is 0 Å². The summed E-state index contributed by atoms with van der Waals surface area (Å²) >= 11 is 0. The van der Waals surface area contributed by atoms with E-state index in [2.05, 4.69) is 32.0 Å². The lowest BCUT2D eigenvalue weighted by Gasteiger charge is -2.08. The van der Waals surface area contributed by atoms with Crippen molar-refractivity contribution in [1.29, 1.82) is 0 Å². The molecule has 0 aliphatic heterocycles. The second-order valence-electron chi connectivity index (χ2n) is 5.33. The Morgan fingerprint density at radius 1 is 1.10 bits per heavy atom. The number of benzene rings is 2. The highest BCUT2D eigenvalue weighted by Gasteiger charge is 2.13. The van der Waals surface area contributed by atoms with Gasteiger partial charge in [0, 0.05) is 18.8 Å². The minimum atomic E-state index is -0.331. The number of rotatable bonds is 3. The number of non-ortho nitro benzene ring substituents is 1. The normalized spacial score (nSPS) is 11.0. The molecule has 0 radical (unpaired) electrons. The molecule has 0 aliphatic carbocycles. The molecule has 4 heteroatoms. The fourth-order valence-corrected chi connectivity index (χ4v) is 2.60. The minimum absolute atomic E-state index is 0.159. The molecule has 21 heavy (non-hydrogen) atoms. The molecule has 1 aromatic heterocycles. The number of nitro benzene ring substituents is 1. The lowest BCUT2D eigenvalue weighted by Crippen LogP contribution is -1.99. The maximum Gasteiger partial charge on any atom is 0.278 e. The van der Waals surface area contributed by atoms with Gasteiger partial charge in [0.15, 0.2) is 0 Å². The molecule has 0 saturated heterocycles. The van der Waals surface area contributed by atoms with Gasteiger partial charge in [0.25, 0.3) is 5.69 Å². The number of fused-ring (bicyclic) bond motifs is 1. The highest BCUT2D eigenvalue weighted by molar-refractivity contribution is 5.89. The zero-order valence-corrected chi connectivity index (χ0v) is 12.0. The summed E-state index contributed by atoms with van der Waals surface area (Å²) in [6, 6.07) is 13.4. The van der Waals surface area contributed by atoms with E-state index in [9.17, 15) is 10.1 Å². The van der Waals surface area contributed by atoms with Crippen molar-refractivity contribution >= 4 is 16.6 Å². The van der Waals surface area contributed by atoms with Crippen molar-refractivity contribution in [3.63, 3.8) is 0 Å². The fraction of sp³-hybridized carbons (Fsp3) is 0.176. The van der Waals surface area contributed by atoms with Gasteiger partial charge in [0.1, 0.15) is 0 Å². The van der Waals surface area contributed by atoms with Crippen molar-refractivity contribution < 1.29 is 4.92 Å². The standard InChI is InChI=1S/C17H16N2O2/c1-12-6-7-14(10-13(12)2)11-18-9-8-15-16(18)4-3-5-17(15)19(20)21/h3-10H,11H2,1-2H3.